The van der Waals surface area contributed by atoms with E-state index in [-0.39, 0.29) is 11.7 Å². The van der Waals surface area contributed by atoms with Gasteiger partial charge in [0, 0.05) is 48.8 Å². The van der Waals surface area contributed by atoms with Crippen LogP contribution in [0.4, 0.5) is 21.7 Å². The molecular formula is C21H21FN8O. The number of carbonyl (C=O) groups excluding carboxylic acids is 1. The number of alkyl halides is 1. The quantitative estimate of drug-likeness (QED) is 0.505. The van der Waals surface area contributed by atoms with Crippen molar-refractivity contribution in [2.24, 2.45) is 0 Å². The molecule has 9 nitrogen and oxygen atoms in total. The Hall–Kier alpha value is -3.95. The maximum Gasteiger partial charge on any atom is 0.222 e. The lowest BCUT2D eigenvalue weighted by Gasteiger charge is -2.17. The number of pyridine rings is 1. The summed E-state index contributed by atoms with van der Waals surface area (Å²) in [5.74, 6) is 0.608. The highest BCUT2D eigenvalue weighted by atomic mass is 19.1. The zero-order valence-corrected chi connectivity index (χ0v) is 17.5. The Morgan fingerprint density at radius 1 is 1.13 bits per heavy atom. The predicted octanol–water partition coefficient (Wildman–Crippen LogP) is 3.80. The van der Waals surface area contributed by atoms with Crippen LogP contribution in [-0.2, 0) is 10.5 Å². The molecule has 158 valence electrons. The van der Waals surface area contributed by atoms with Crippen LogP contribution < -0.4 is 10.6 Å². The van der Waals surface area contributed by atoms with E-state index < -0.39 is 5.67 Å². The van der Waals surface area contributed by atoms with Crippen molar-refractivity contribution in [2.45, 2.75) is 33.4 Å². The third-order valence-electron chi connectivity index (χ3n) is 4.39. The van der Waals surface area contributed by atoms with Crippen molar-refractivity contribution in [1.29, 1.82) is 0 Å². The molecule has 4 aromatic rings. The van der Waals surface area contributed by atoms with Gasteiger partial charge in [-0.3, -0.25) is 4.79 Å². The number of halogens is 1. The third-order valence-corrected chi connectivity index (χ3v) is 4.39. The average Bonchev–Trinajstić information content (AvgIpc) is 3.14. The van der Waals surface area contributed by atoms with Crippen molar-refractivity contribution in [1.82, 2.24) is 29.5 Å². The molecular weight excluding hydrogens is 399 g/mol. The van der Waals surface area contributed by atoms with Crippen LogP contribution in [0.25, 0.3) is 16.9 Å². The first-order valence-corrected chi connectivity index (χ1v) is 9.59. The Balaban J connectivity index is 1.81. The molecule has 0 aromatic carbocycles. The molecule has 0 aliphatic heterocycles. The minimum Gasteiger partial charge on any atom is -0.339 e. The van der Waals surface area contributed by atoms with E-state index in [1.165, 1.54) is 20.8 Å². The normalized spacial score (nSPS) is 11.5. The van der Waals surface area contributed by atoms with Gasteiger partial charge < -0.3 is 10.6 Å². The molecule has 2 N–H and O–H groups in total. The van der Waals surface area contributed by atoms with Crippen molar-refractivity contribution in [3.63, 3.8) is 0 Å². The number of nitrogens with zero attached hydrogens (tertiary/aromatic N) is 6. The smallest absolute Gasteiger partial charge is 0.222 e. The van der Waals surface area contributed by atoms with Crippen molar-refractivity contribution >= 4 is 28.9 Å². The van der Waals surface area contributed by atoms with E-state index >= 15 is 0 Å². The molecule has 31 heavy (non-hydrogen) atoms. The molecule has 0 fully saturated rings. The van der Waals surface area contributed by atoms with Crippen molar-refractivity contribution < 1.29 is 9.18 Å². The molecule has 0 bridgehead atoms. The molecule has 0 spiro atoms. The Morgan fingerprint density at radius 2 is 1.94 bits per heavy atom. The maximum absolute atomic E-state index is 14.5. The average molecular weight is 420 g/mol. The van der Waals surface area contributed by atoms with Gasteiger partial charge in [0.15, 0.2) is 17.1 Å². The van der Waals surface area contributed by atoms with E-state index in [0.717, 1.165) is 0 Å². The molecule has 0 aliphatic carbocycles. The molecule has 0 unspecified atom stereocenters. The molecule has 4 aromatic heterocycles. The van der Waals surface area contributed by atoms with Crippen molar-refractivity contribution in [2.75, 3.05) is 10.6 Å². The fourth-order valence-corrected chi connectivity index (χ4v) is 3.01. The second-order valence-electron chi connectivity index (χ2n) is 7.56. The molecule has 0 radical (unpaired) electrons. The van der Waals surface area contributed by atoms with Crippen LogP contribution in [0.2, 0.25) is 0 Å². The molecule has 4 heterocycles. The summed E-state index contributed by atoms with van der Waals surface area (Å²) >= 11 is 0. The lowest BCUT2D eigenvalue weighted by Crippen LogP contribution is -2.16. The summed E-state index contributed by atoms with van der Waals surface area (Å²) in [5, 5.41) is 10.0. The summed E-state index contributed by atoms with van der Waals surface area (Å²) in [6.45, 7) is 5.99. The zero-order chi connectivity index (χ0) is 22.2. The number of fused-ring (bicyclic) bond motifs is 1. The minimum absolute atomic E-state index is 0.0755. The first-order valence-electron chi connectivity index (χ1n) is 9.59. The largest absolute Gasteiger partial charge is 0.339 e. The molecule has 0 atom stereocenters. The molecule has 0 saturated carbocycles. The number of amides is 1. The number of aromatic nitrogens is 6. The van der Waals surface area contributed by atoms with Crippen molar-refractivity contribution in [3.8, 4) is 11.3 Å². The van der Waals surface area contributed by atoms with E-state index in [0.29, 0.717) is 39.9 Å². The summed E-state index contributed by atoms with van der Waals surface area (Å²) in [5.41, 5.74) is 1.52. The topological polar surface area (TPSA) is 110 Å². The van der Waals surface area contributed by atoms with Gasteiger partial charge >= 0.3 is 0 Å². The van der Waals surface area contributed by atoms with Gasteiger partial charge in [-0.25, -0.2) is 28.8 Å². The van der Waals surface area contributed by atoms with Gasteiger partial charge in [0.2, 0.25) is 5.91 Å². The Bertz CT molecular complexity index is 1280. The third kappa shape index (κ3) is 4.47. The van der Waals surface area contributed by atoms with E-state index in [1.54, 1.807) is 48.2 Å². The molecule has 4 rings (SSSR count). The van der Waals surface area contributed by atoms with Gasteiger partial charge in [-0.2, -0.15) is 5.10 Å². The standard InChI is InChI=1S/C21H21FN8O/c1-12-9-18(29-20(25-12)21(3,4)22)27-16-10-17(26-13(2)31)23-11-14(16)15-6-8-30-19(28-15)5-7-24-30/h5-11H,1-4H3,(H2,23,25,26,27,29,31). The van der Waals surface area contributed by atoms with E-state index in [4.69, 9.17) is 0 Å². The van der Waals surface area contributed by atoms with Crippen LogP contribution >= 0.6 is 0 Å². The number of hydrogen-bond donors (Lipinski definition) is 2. The fourth-order valence-electron chi connectivity index (χ4n) is 3.01. The lowest BCUT2D eigenvalue weighted by molar-refractivity contribution is -0.114. The second kappa shape index (κ2) is 7.71. The highest BCUT2D eigenvalue weighted by Crippen LogP contribution is 2.31. The minimum atomic E-state index is -1.69. The summed E-state index contributed by atoms with van der Waals surface area (Å²) in [6.07, 6.45) is 5.06. The number of anilines is 3. The lowest BCUT2D eigenvalue weighted by atomic mass is 10.1. The van der Waals surface area contributed by atoms with Gasteiger partial charge in [-0.15, -0.1) is 0 Å². The Labute approximate surface area is 177 Å². The van der Waals surface area contributed by atoms with Crippen molar-refractivity contribution in [3.05, 3.63) is 54.4 Å². The molecule has 1 amide bonds. The van der Waals surface area contributed by atoms with Gasteiger partial charge in [0.05, 0.1) is 17.6 Å². The Kier molecular flexibility index (Phi) is 5.05. The number of hydrogen-bond acceptors (Lipinski definition) is 7. The van der Waals surface area contributed by atoms with Gasteiger partial charge in [0.25, 0.3) is 0 Å². The zero-order valence-electron chi connectivity index (χ0n) is 17.5. The monoisotopic (exact) mass is 420 g/mol. The summed E-state index contributed by atoms with van der Waals surface area (Å²) < 4.78 is 16.1. The Morgan fingerprint density at radius 3 is 2.68 bits per heavy atom. The van der Waals surface area contributed by atoms with Crippen LogP contribution in [0.15, 0.2) is 42.9 Å². The number of nitrogens with one attached hydrogen (secondary N) is 2. The van der Waals surface area contributed by atoms with Gasteiger partial charge in [-0.1, -0.05) is 0 Å². The van der Waals surface area contributed by atoms with Crippen LogP contribution in [0.1, 0.15) is 32.3 Å². The summed E-state index contributed by atoms with van der Waals surface area (Å²) in [7, 11) is 0. The van der Waals surface area contributed by atoms with Gasteiger partial charge in [0.1, 0.15) is 11.6 Å². The fraction of sp³-hybridized carbons (Fsp3) is 0.238. The first-order chi connectivity index (χ1) is 14.7. The first kappa shape index (κ1) is 20.3. The second-order valence-corrected chi connectivity index (χ2v) is 7.56. The van der Waals surface area contributed by atoms with Crippen LogP contribution in [0.3, 0.4) is 0 Å². The van der Waals surface area contributed by atoms with Gasteiger partial charge in [-0.05, 0) is 26.8 Å². The predicted molar refractivity (Wildman–Crippen MR) is 115 cm³/mol. The summed E-state index contributed by atoms with van der Waals surface area (Å²) in [4.78, 5) is 28.9. The van der Waals surface area contributed by atoms with E-state index in [2.05, 4.69) is 35.7 Å². The van der Waals surface area contributed by atoms with Crippen LogP contribution in [0, 0.1) is 6.92 Å². The number of rotatable bonds is 5. The van der Waals surface area contributed by atoms with E-state index in [9.17, 15) is 9.18 Å². The SMILES string of the molecule is CC(=O)Nc1cc(Nc2cc(C)nc(C(C)(C)F)n2)c(-c2ccn3nccc3n2)cn1. The molecule has 0 aliphatic rings. The molecule has 0 saturated heterocycles. The van der Waals surface area contributed by atoms with Crippen LogP contribution in [0.5, 0.6) is 0 Å². The highest BCUT2D eigenvalue weighted by molar-refractivity contribution is 5.89. The number of aryl methyl sites for hydroxylation is 1. The number of carbonyl (C=O) groups is 1. The summed E-state index contributed by atoms with van der Waals surface area (Å²) in [6, 6.07) is 6.99. The van der Waals surface area contributed by atoms with Crippen LogP contribution in [-0.4, -0.2) is 35.5 Å². The highest BCUT2D eigenvalue weighted by Gasteiger charge is 2.23. The molecule has 10 heteroatoms. The van der Waals surface area contributed by atoms with E-state index in [1.807, 2.05) is 6.07 Å². The maximum atomic E-state index is 14.5.